The summed E-state index contributed by atoms with van der Waals surface area (Å²) in [6.45, 7) is 4.14. The quantitative estimate of drug-likeness (QED) is 0.766. The molecule has 1 unspecified atom stereocenters. The van der Waals surface area contributed by atoms with Crippen LogP contribution in [0.15, 0.2) is 0 Å². The summed E-state index contributed by atoms with van der Waals surface area (Å²) >= 11 is 0. The first-order valence-corrected chi connectivity index (χ1v) is 7.48. The molecular formula is C14H25N3O4. The third-order valence-electron chi connectivity index (χ3n) is 4.29. The van der Waals surface area contributed by atoms with Crippen LogP contribution in [0.25, 0.3) is 0 Å². The molecule has 0 saturated carbocycles. The Morgan fingerprint density at radius 3 is 2.71 bits per heavy atom. The van der Waals surface area contributed by atoms with Gasteiger partial charge < -0.3 is 25.0 Å². The van der Waals surface area contributed by atoms with Crippen LogP contribution in [0.2, 0.25) is 0 Å². The fourth-order valence-corrected chi connectivity index (χ4v) is 2.95. The molecule has 2 amide bonds. The number of carbonyl (C=O) groups is 2. The molecule has 120 valence electrons. The highest BCUT2D eigenvalue weighted by Crippen LogP contribution is 2.24. The number of likely N-dealkylation sites (tertiary alicyclic amines) is 2. The monoisotopic (exact) mass is 299 g/mol. The van der Waals surface area contributed by atoms with Gasteiger partial charge in [-0.25, -0.2) is 9.59 Å². The van der Waals surface area contributed by atoms with E-state index in [2.05, 4.69) is 17.3 Å². The van der Waals surface area contributed by atoms with Crippen molar-refractivity contribution in [1.82, 2.24) is 15.1 Å². The Labute approximate surface area is 125 Å². The molecule has 0 aliphatic carbocycles. The van der Waals surface area contributed by atoms with Gasteiger partial charge in [0.25, 0.3) is 0 Å². The zero-order chi connectivity index (χ0) is 15.5. The smallest absolute Gasteiger partial charge is 0.329 e. The minimum atomic E-state index is -0.987. The van der Waals surface area contributed by atoms with E-state index in [9.17, 15) is 9.59 Å². The second-order valence-corrected chi connectivity index (χ2v) is 6.30. The third kappa shape index (κ3) is 4.31. The van der Waals surface area contributed by atoms with Crippen molar-refractivity contribution in [3.05, 3.63) is 0 Å². The summed E-state index contributed by atoms with van der Waals surface area (Å²) in [4.78, 5) is 26.5. The summed E-state index contributed by atoms with van der Waals surface area (Å²) in [5.74, 6) is -0.987. The van der Waals surface area contributed by atoms with Crippen molar-refractivity contribution < 1.29 is 19.4 Å². The van der Waals surface area contributed by atoms with Crippen LogP contribution < -0.4 is 5.32 Å². The normalized spacial score (nSPS) is 25.2. The van der Waals surface area contributed by atoms with Crippen molar-refractivity contribution in [1.29, 1.82) is 0 Å². The lowest BCUT2D eigenvalue weighted by Crippen LogP contribution is -2.65. The first-order valence-electron chi connectivity index (χ1n) is 7.48. The molecule has 2 fully saturated rings. The molecule has 7 heteroatoms. The number of hydrogen-bond donors (Lipinski definition) is 2. The number of nitrogens with zero attached hydrogens (tertiary/aromatic N) is 2. The Kier molecular flexibility index (Phi) is 5.05. The summed E-state index contributed by atoms with van der Waals surface area (Å²) in [6, 6.07) is 0.323. The highest BCUT2D eigenvalue weighted by molar-refractivity contribution is 5.75. The maximum atomic E-state index is 12.0. The Morgan fingerprint density at radius 1 is 1.38 bits per heavy atom. The molecule has 21 heavy (non-hydrogen) atoms. The van der Waals surface area contributed by atoms with Crippen molar-refractivity contribution in [2.75, 3.05) is 39.8 Å². The van der Waals surface area contributed by atoms with Crippen molar-refractivity contribution in [3.8, 4) is 0 Å². The molecule has 0 aromatic rings. The van der Waals surface area contributed by atoms with Crippen LogP contribution in [0, 0.1) is 0 Å². The van der Waals surface area contributed by atoms with Gasteiger partial charge >= 0.3 is 12.0 Å². The maximum absolute atomic E-state index is 12.0. The number of likely N-dealkylation sites (N-methyl/N-ethyl adjacent to an activating group) is 1. The molecule has 2 rings (SSSR count). The van der Waals surface area contributed by atoms with Gasteiger partial charge in [0.05, 0.1) is 13.1 Å². The highest BCUT2D eigenvalue weighted by atomic mass is 16.5. The number of carbonyl (C=O) groups excluding carboxylic acids is 1. The first kappa shape index (κ1) is 16.0. The number of hydrogen-bond acceptors (Lipinski definition) is 4. The van der Waals surface area contributed by atoms with Gasteiger partial charge in [-0.1, -0.05) is 6.42 Å². The van der Waals surface area contributed by atoms with E-state index in [1.165, 1.54) is 12.8 Å². The van der Waals surface area contributed by atoms with Crippen LogP contribution in [0.1, 0.15) is 26.2 Å². The van der Waals surface area contributed by atoms with Crippen LogP contribution in [0.4, 0.5) is 4.79 Å². The van der Waals surface area contributed by atoms with Crippen molar-refractivity contribution >= 4 is 12.0 Å². The molecule has 0 bridgehead atoms. The molecule has 1 atom stereocenters. The number of aliphatic carboxylic acids is 1. The van der Waals surface area contributed by atoms with Gasteiger partial charge in [-0.05, 0) is 33.4 Å². The van der Waals surface area contributed by atoms with Gasteiger partial charge in [0.1, 0.15) is 12.2 Å². The number of nitrogens with one attached hydrogen (secondary N) is 1. The van der Waals surface area contributed by atoms with E-state index >= 15 is 0 Å². The Morgan fingerprint density at radius 2 is 2.10 bits per heavy atom. The molecular weight excluding hydrogens is 274 g/mol. The lowest BCUT2D eigenvalue weighted by molar-refractivity contribution is -0.159. The van der Waals surface area contributed by atoms with Crippen molar-refractivity contribution in [3.63, 3.8) is 0 Å². The zero-order valence-corrected chi connectivity index (χ0v) is 12.8. The first-order chi connectivity index (χ1) is 9.89. The number of piperidine rings is 1. The number of rotatable bonds is 5. The second kappa shape index (κ2) is 6.62. The van der Waals surface area contributed by atoms with E-state index in [1.54, 1.807) is 4.90 Å². The Balaban J connectivity index is 1.67. The SMILES string of the molecule is CN1CCCCC1CNC(=O)N1CC(C)(OCC(=O)O)C1. The third-order valence-corrected chi connectivity index (χ3v) is 4.29. The predicted octanol–water partition coefficient (Wildman–Crippen LogP) is 0.356. The molecule has 2 saturated heterocycles. The molecule has 2 N–H and O–H groups in total. The predicted molar refractivity (Wildman–Crippen MR) is 77.2 cm³/mol. The fraction of sp³-hybridized carbons (Fsp3) is 0.857. The van der Waals surface area contributed by atoms with Gasteiger partial charge in [0, 0.05) is 12.6 Å². The number of amides is 2. The van der Waals surface area contributed by atoms with E-state index in [4.69, 9.17) is 9.84 Å². The maximum Gasteiger partial charge on any atom is 0.329 e. The van der Waals surface area contributed by atoms with Gasteiger partial charge in [0.2, 0.25) is 0 Å². The highest BCUT2D eigenvalue weighted by Gasteiger charge is 2.42. The lowest BCUT2D eigenvalue weighted by Gasteiger charge is -2.47. The molecule has 0 aromatic heterocycles. The fourth-order valence-electron chi connectivity index (χ4n) is 2.95. The van der Waals surface area contributed by atoms with Crippen molar-refractivity contribution in [2.24, 2.45) is 0 Å². The number of ether oxygens (including phenoxy) is 1. The summed E-state index contributed by atoms with van der Waals surface area (Å²) in [5, 5.41) is 11.6. The van der Waals surface area contributed by atoms with Gasteiger partial charge in [-0.3, -0.25) is 0 Å². The van der Waals surface area contributed by atoms with Crippen LogP contribution in [0.5, 0.6) is 0 Å². The van der Waals surface area contributed by atoms with Gasteiger partial charge in [-0.2, -0.15) is 0 Å². The molecule has 2 aliphatic heterocycles. The topological polar surface area (TPSA) is 82.1 Å². The average molecular weight is 299 g/mol. The number of urea groups is 1. The minimum Gasteiger partial charge on any atom is -0.480 e. The average Bonchev–Trinajstić information content (AvgIpc) is 2.41. The Hall–Kier alpha value is -1.34. The number of carboxylic acids is 1. The molecule has 2 aliphatic rings. The summed E-state index contributed by atoms with van der Waals surface area (Å²) in [6.07, 6.45) is 3.57. The molecule has 0 radical (unpaired) electrons. The summed E-state index contributed by atoms with van der Waals surface area (Å²) < 4.78 is 5.29. The molecule has 7 nitrogen and oxygen atoms in total. The standard InChI is InChI=1S/C14H25N3O4/c1-14(21-8-12(18)19)9-17(10-14)13(20)15-7-11-5-3-4-6-16(11)2/h11H,3-10H2,1-2H3,(H,15,20)(H,18,19). The van der Waals surface area contributed by atoms with E-state index in [0.29, 0.717) is 25.7 Å². The Bertz CT molecular complexity index is 396. The lowest BCUT2D eigenvalue weighted by atomic mass is 9.97. The minimum absolute atomic E-state index is 0.0922. The second-order valence-electron chi connectivity index (χ2n) is 6.30. The summed E-state index contributed by atoms with van der Waals surface area (Å²) in [7, 11) is 2.09. The van der Waals surface area contributed by atoms with Crippen LogP contribution in [-0.4, -0.2) is 78.4 Å². The van der Waals surface area contributed by atoms with Gasteiger partial charge in [0.15, 0.2) is 0 Å². The van der Waals surface area contributed by atoms with E-state index < -0.39 is 11.6 Å². The molecule has 2 heterocycles. The molecule has 0 spiro atoms. The number of carboxylic acid groups (broad SMARTS) is 1. The molecule has 0 aromatic carbocycles. The van der Waals surface area contributed by atoms with E-state index in [-0.39, 0.29) is 12.6 Å². The van der Waals surface area contributed by atoms with Crippen LogP contribution in [-0.2, 0) is 9.53 Å². The van der Waals surface area contributed by atoms with E-state index in [0.717, 1.165) is 13.0 Å². The van der Waals surface area contributed by atoms with Gasteiger partial charge in [-0.15, -0.1) is 0 Å². The largest absolute Gasteiger partial charge is 0.480 e. The zero-order valence-electron chi connectivity index (χ0n) is 12.8. The van der Waals surface area contributed by atoms with Crippen LogP contribution >= 0.6 is 0 Å². The van der Waals surface area contributed by atoms with E-state index in [1.807, 2.05) is 6.92 Å². The summed E-state index contributed by atoms with van der Waals surface area (Å²) in [5.41, 5.74) is -0.530. The van der Waals surface area contributed by atoms with Crippen LogP contribution in [0.3, 0.4) is 0 Å². The van der Waals surface area contributed by atoms with Crippen molar-refractivity contribution in [2.45, 2.75) is 37.8 Å².